The van der Waals surface area contributed by atoms with Crippen LogP contribution in [0.1, 0.15) is 26.7 Å². The molecule has 2 aliphatic rings. The molecule has 7 nitrogen and oxygen atoms in total. The number of rotatable bonds is 4. The SMILES string of the molecule is CC1(C)Oc2ccc(NC(=O)C3CCN(S(=O)(=O)c4cccs4)CC3)cc2O1. The van der Waals surface area contributed by atoms with Crippen molar-refractivity contribution in [1.29, 1.82) is 0 Å². The summed E-state index contributed by atoms with van der Waals surface area (Å²) in [6, 6.07) is 8.64. The third kappa shape index (κ3) is 3.74. The Balaban J connectivity index is 1.36. The highest BCUT2D eigenvalue weighted by Gasteiger charge is 2.34. The highest BCUT2D eigenvalue weighted by Crippen LogP contribution is 2.40. The number of ether oxygens (including phenoxy) is 2. The van der Waals surface area contributed by atoms with Crippen molar-refractivity contribution in [2.75, 3.05) is 18.4 Å². The van der Waals surface area contributed by atoms with E-state index in [1.54, 1.807) is 35.7 Å². The number of fused-ring (bicyclic) bond motifs is 1. The fraction of sp³-hybridized carbons (Fsp3) is 0.421. The number of sulfonamides is 1. The normalized spacial score (nSPS) is 19.5. The van der Waals surface area contributed by atoms with Gasteiger partial charge in [0, 0.05) is 44.6 Å². The molecule has 2 aromatic rings. The third-order valence-electron chi connectivity index (χ3n) is 4.84. The van der Waals surface area contributed by atoms with Gasteiger partial charge in [0.2, 0.25) is 11.7 Å². The lowest BCUT2D eigenvalue weighted by molar-refractivity contribution is -0.120. The van der Waals surface area contributed by atoms with Gasteiger partial charge in [-0.2, -0.15) is 4.31 Å². The zero-order chi connectivity index (χ0) is 19.9. The van der Waals surface area contributed by atoms with Crippen molar-refractivity contribution in [3.05, 3.63) is 35.7 Å². The molecule has 0 unspecified atom stereocenters. The largest absolute Gasteiger partial charge is 0.449 e. The van der Waals surface area contributed by atoms with Gasteiger partial charge in [-0.1, -0.05) is 6.07 Å². The van der Waals surface area contributed by atoms with Gasteiger partial charge in [-0.05, 0) is 36.4 Å². The summed E-state index contributed by atoms with van der Waals surface area (Å²) < 4.78 is 38.3. The van der Waals surface area contributed by atoms with Crippen LogP contribution < -0.4 is 14.8 Å². The van der Waals surface area contributed by atoms with E-state index in [1.807, 2.05) is 13.8 Å². The van der Waals surface area contributed by atoms with E-state index >= 15 is 0 Å². The van der Waals surface area contributed by atoms with E-state index in [-0.39, 0.29) is 11.8 Å². The molecular formula is C19H22N2O5S2. The minimum atomic E-state index is -3.45. The lowest BCUT2D eigenvalue weighted by atomic mass is 9.97. The predicted octanol–water partition coefficient (Wildman–Crippen LogP) is 3.29. The van der Waals surface area contributed by atoms with Crippen LogP contribution >= 0.6 is 11.3 Å². The van der Waals surface area contributed by atoms with Crippen LogP contribution in [0, 0.1) is 5.92 Å². The first-order chi connectivity index (χ1) is 13.2. The summed E-state index contributed by atoms with van der Waals surface area (Å²) >= 11 is 1.21. The number of amides is 1. The summed E-state index contributed by atoms with van der Waals surface area (Å²) in [5.74, 6) is 0.198. The molecule has 0 bridgehead atoms. The van der Waals surface area contributed by atoms with Crippen molar-refractivity contribution in [3.63, 3.8) is 0 Å². The Morgan fingerprint density at radius 1 is 1.18 bits per heavy atom. The van der Waals surface area contributed by atoms with E-state index in [9.17, 15) is 13.2 Å². The van der Waals surface area contributed by atoms with Gasteiger partial charge in [0.25, 0.3) is 10.0 Å². The highest BCUT2D eigenvalue weighted by atomic mass is 32.2. The second-order valence-corrected chi connectivity index (χ2v) is 10.5. The molecule has 150 valence electrons. The second-order valence-electron chi connectivity index (χ2n) is 7.37. The van der Waals surface area contributed by atoms with E-state index in [4.69, 9.17) is 9.47 Å². The molecule has 0 atom stereocenters. The van der Waals surface area contributed by atoms with E-state index in [2.05, 4.69) is 5.32 Å². The van der Waals surface area contributed by atoms with Crippen LogP contribution in [-0.4, -0.2) is 37.5 Å². The number of hydrogen-bond donors (Lipinski definition) is 1. The number of thiophene rings is 1. The summed E-state index contributed by atoms with van der Waals surface area (Å²) in [5, 5.41) is 4.66. The van der Waals surface area contributed by atoms with Crippen LogP contribution in [0.15, 0.2) is 39.9 Å². The fourth-order valence-corrected chi connectivity index (χ4v) is 6.05. The maximum atomic E-state index is 12.6. The second kappa shape index (κ2) is 7.06. The zero-order valence-electron chi connectivity index (χ0n) is 15.7. The Bertz CT molecular complexity index is 978. The van der Waals surface area contributed by atoms with Gasteiger partial charge in [-0.3, -0.25) is 4.79 Å². The fourth-order valence-electron chi connectivity index (χ4n) is 3.44. The smallest absolute Gasteiger partial charge is 0.252 e. The summed E-state index contributed by atoms with van der Waals surface area (Å²) in [5.41, 5.74) is 0.638. The van der Waals surface area contributed by atoms with Crippen LogP contribution in [0.5, 0.6) is 11.5 Å². The van der Waals surface area contributed by atoms with Gasteiger partial charge < -0.3 is 14.8 Å². The van der Waals surface area contributed by atoms with Crippen LogP contribution in [0.2, 0.25) is 0 Å². The van der Waals surface area contributed by atoms with Crippen molar-refractivity contribution in [2.24, 2.45) is 5.92 Å². The van der Waals surface area contributed by atoms with Crippen molar-refractivity contribution in [2.45, 2.75) is 36.7 Å². The average molecular weight is 423 g/mol. The molecule has 1 aromatic carbocycles. The molecule has 0 radical (unpaired) electrons. The molecule has 28 heavy (non-hydrogen) atoms. The lowest BCUT2D eigenvalue weighted by Gasteiger charge is -2.30. The number of hydrogen-bond acceptors (Lipinski definition) is 6. The van der Waals surface area contributed by atoms with Crippen LogP contribution in [0.3, 0.4) is 0 Å². The van der Waals surface area contributed by atoms with E-state index in [1.165, 1.54) is 15.6 Å². The van der Waals surface area contributed by atoms with Crippen molar-refractivity contribution in [1.82, 2.24) is 4.31 Å². The van der Waals surface area contributed by atoms with Crippen molar-refractivity contribution in [3.8, 4) is 11.5 Å². The Kier molecular flexibility index (Phi) is 4.84. The van der Waals surface area contributed by atoms with Crippen LogP contribution in [0.4, 0.5) is 5.69 Å². The molecule has 3 heterocycles. The summed E-state index contributed by atoms with van der Waals surface area (Å²) in [4.78, 5) is 12.6. The van der Waals surface area contributed by atoms with E-state index in [0.717, 1.165) is 0 Å². The van der Waals surface area contributed by atoms with Gasteiger partial charge >= 0.3 is 0 Å². The maximum Gasteiger partial charge on any atom is 0.252 e. The van der Waals surface area contributed by atoms with Crippen LogP contribution in [0.25, 0.3) is 0 Å². The lowest BCUT2D eigenvalue weighted by Crippen LogP contribution is -2.41. The maximum absolute atomic E-state index is 12.6. The molecule has 1 amide bonds. The standard InChI is InChI=1S/C19H22N2O5S2/c1-19(2)25-15-6-5-14(12-16(15)26-19)20-18(22)13-7-9-21(10-8-13)28(23,24)17-4-3-11-27-17/h3-6,11-13H,7-10H2,1-2H3,(H,20,22). The molecule has 1 fully saturated rings. The molecule has 2 aliphatic heterocycles. The van der Waals surface area contributed by atoms with E-state index < -0.39 is 15.8 Å². The quantitative estimate of drug-likeness (QED) is 0.817. The molecule has 0 saturated carbocycles. The minimum absolute atomic E-state index is 0.105. The number of nitrogens with zero attached hydrogens (tertiary/aromatic N) is 1. The Morgan fingerprint density at radius 2 is 1.89 bits per heavy atom. The van der Waals surface area contributed by atoms with Gasteiger partial charge in [0.05, 0.1) is 0 Å². The summed E-state index contributed by atoms with van der Waals surface area (Å²) in [6.45, 7) is 4.33. The Hall–Kier alpha value is -2.10. The zero-order valence-corrected chi connectivity index (χ0v) is 17.3. The summed E-state index contributed by atoms with van der Waals surface area (Å²) in [6.07, 6.45) is 0.988. The topological polar surface area (TPSA) is 84.9 Å². The van der Waals surface area contributed by atoms with Crippen molar-refractivity contribution >= 4 is 33.0 Å². The van der Waals surface area contributed by atoms with Gasteiger partial charge in [0.1, 0.15) is 4.21 Å². The van der Waals surface area contributed by atoms with Gasteiger partial charge in [0.15, 0.2) is 11.5 Å². The number of anilines is 1. The van der Waals surface area contributed by atoms with E-state index in [0.29, 0.717) is 47.3 Å². The molecular weight excluding hydrogens is 400 g/mol. The number of nitrogens with one attached hydrogen (secondary N) is 1. The minimum Gasteiger partial charge on any atom is -0.449 e. The molecule has 0 aliphatic carbocycles. The molecule has 4 rings (SSSR count). The number of carbonyl (C=O) groups is 1. The highest BCUT2D eigenvalue weighted by molar-refractivity contribution is 7.91. The Labute approximate surface area is 168 Å². The van der Waals surface area contributed by atoms with Gasteiger partial charge in [-0.25, -0.2) is 8.42 Å². The molecule has 0 spiro atoms. The monoisotopic (exact) mass is 422 g/mol. The first-order valence-corrected chi connectivity index (χ1v) is 11.4. The summed E-state index contributed by atoms with van der Waals surface area (Å²) in [7, 11) is -3.45. The molecule has 1 N–H and O–H groups in total. The third-order valence-corrected chi connectivity index (χ3v) is 8.11. The van der Waals surface area contributed by atoms with Crippen molar-refractivity contribution < 1.29 is 22.7 Å². The molecule has 1 aromatic heterocycles. The molecule has 9 heteroatoms. The number of benzene rings is 1. The number of carbonyl (C=O) groups excluding carboxylic acids is 1. The number of piperidine rings is 1. The molecule has 1 saturated heterocycles. The first-order valence-electron chi connectivity index (χ1n) is 9.11. The average Bonchev–Trinajstić information content (AvgIpc) is 3.28. The van der Waals surface area contributed by atoms with Crippen LogP contribution in [-0.2, 0) is 14.8 Å². The Morgan fingerprint density at radius 3 is 2.57 bits per heavy atom. The predicted molar refractivity (Wildman–Crippen MR) is 106 cm³/mol. The van der Waals surface area contributed by atoms with Gasteiger partial charge in [-0.15, -0.1) is 11.3 Å². The first kappa shape index (κ1) is 19.2.